The molecule has 0 aliphatic carbocycles. The molecule has 4 aromatic carbocycles. The molecular formula is C34H29N7O3. The number of carbonyl (C=O) groups is 3. The zero-order valence-electron chi connectivity index (χ0n) is 23.9. The number of rotatable bonds is 3. The smallest absolute Gasteiger partial charge is 0.320 e. The average molecular weight is 584 g/mol. The SMILES string of the molecule is O=C1Cc2ccccc2N(C(=O)N2CCN(C(=O)N(c3ccccc3)c3ccccc3)[C@H](C3=NN=NC3)C2)c2ccccc21. The van der Waals surface area contributed by atoms with E-state index < -0.39 is 6.04 Å². The predicted octanol–water partition coefficient (Wildman–Crippen LogP) is 6.45. The van der Waals surface area contributed by atoms with Crippen LogP contribution < -0.4 is 9.80 Å². The molecule has 10 nitrogen and oxygen atoms in total. The number of ketones is 1. The van der Waals surface area contributed by atoms with Crippen LogP contribution in [0.2, 0.25) is 0 Å². The Morgan fingerprint density at radius 2 is 1.39 bits per heavy atom. The van der Waals surface area contributed by atoms with Crippen molar-refractivity contribution in [3.8, 4) is 0 Å². The van der Waals surface area contributed by atoms with E-state index in [1.54, 1.807) is 31.7 Å². The van der Waals surface area contributed by atoms with Crippen LogP contribution in [-0.4, -0.2) is 65.6 Å². The number of amides is 4. The molecule has 0 spiro atoms. The first-order chi connectivity index (χ1) is 21.6. The highest BCUT2D eigenvalue weighted by Gasteiger charge is 2.41. The maximum atomic E-state index is 14.5. The van der Waals surface area contributed by atoms with Gasteiger partial charge in [0.1, 0.15) is 6.54 Å². The molecule has 44 heavy (non-hydrogen) atoms. The Hall–Kier alpha value is -5.64. The van der Waals surface area contributed by atoms with Gasteiger partial charge < -0.3 is 9.80 Å². The van der Waals surface area contributed by atoms with Gasteiger partial charge in [0, 0.05) is 31.6 Å². The molecule has 0 saturated carbocycles. The lowest BCUT2D eigenvalue weighted by Crippen LogP contribution is -2.62. The summed E-state index contributed by atoms with van der Waals surface area (Å²) >= 11 is 0. The highest BCUT2D eigenvalue weighted by molar-refractivity contribution is 6.12. The fourth-order valence-corrected chi connectivity index (χ4v) is 6.05. The van der Waals surface area contributed by atoms with Crippen molar-refractivity contribution in [1.29, 1.82) is 0 Å². The van der Waals surface area contributed by atoms with Crippen molar-refractivity contribution in [2.45, 2.75) is 12.5 Å². The van der Waals surface area contributed by atoms with Crippen LogP contribution in [0.1, 0.15) is 15.9 Å². The molecule has 4 aromatic rings. The van der Waals surface area contributed by atoms with Crippen LogP contribution in [0, 0.1) is 0 Å². The summed E-state index contributed by atoms with van der Waals surface area (Å²) in [6, 6.07) is 32.7. The molecule has 0 aromatic heterocycles. The number of Topliss-reactive ketones (excluding diaryl/α,β-unsaturated/α-hetero) is 1. The normalized spacial score (nSPS) is 17.5. The molecule has 0 radical (unpaired) electrons. The summed E-state index contributed by atoms with van der Waals surface area (Å²) in [5.41, 5.74) is 4.58. The largest absolute Gasteiger partial charge is 0.329 e. The Morgan fingerprint density at radius 3 is 2.07 bits per heavy atom. The predicted molar refractivity (Wildman–Crippen MR) is 168 cm³/mol. The minimum absolute atomic E-state index is 0.0397. The van der Waals surface area contributed by atoms with E-state index in [9.17, 15) is 14.4 Å². The molecule has 1 fully saturated rings. The molecule has 7 rings (SSSR count). The first kappa shape index (κ1) is 27.2. The number of hydrogen-bond acceptors (Lipinski definition) is 6. The number of hydrogen-bond donors (Lipinski definition) is 0. The van der Waals surface area contributed by atoms with E-state index in [-0.39, 0.29) is 50.4 Å². The van der Waals surface area contributed by atoms with Gasteiger partial charge in [0.25, 0.3) is 0 Å². The molecule has 218 valence electrons. The van der Waals surface area contributed by atoms with Crippen molar-refractivity contribution in [1.82, 2.24) is 9.80 Å². The zero-order valence-corrected chi connectivity index (χ0v) is 23.9. The highest BCUT2D eigenvalue weighted by atomic mass is 16.2. The van der Waals surface area contributed by atoms with Gasteiger partial charge in [-0.05, 0) is 53.3 Å². The van der Waals surface area contributed by atoms with Crippen LogP contribution in [0.3, 0.4) is 0 Å². The average Bonchev–Trinajstić information content (AvgIpc) is 3.58. The Bertz CT molecular complexity index is 1750. The van der Waals surface area contributed by atoms with Crippen molar-refractivity contribution in [3.63, 3.8) is 0 Å². The van der Waals surface area contributed by atoms with Crippen LogP contribution in [-0.2, 0) is 6.42 Å². The van der Waals surface area contributed by atoms with E-state index in [0.717, 1.165) is 16.9 Å². The maximum Gasteiger partial charge on any atom is 0.329 e. The van der Waals surface area contributed by atoms with Crippen molar-refractivity contribution in [2.24, 2.45) is 15.4 Å². The van der Waals surface area contributed by atoms with Crippen LogP contribution in [0.15, 0.2) is 125 Å². The van der Waals surface area contributed by atoms with Crippen LogP contribution >= 0.6 is 0 Å². The van der Waals surface area contributed by atoms with Gasteiger partial charge >= 0.3 is 12.1 Å². The van der Waals surface area contributed by atoms with E-state index >= 15 is 0 Å². The van der Waals surface area contributed by atoms with E-state index in [4.69, 9.17) is 0 Å². The van der Waals surface area contributed by atoms with Gasteiger partial charge in [-0.25, -0.2) is 9.59 Å². The van der Waals surface area contributed by atoms with Crippen molar-refractivity contribution in [2.75, 3.05) is 36.0 Å². The lowest BCUT2D eigenvalue weighted by atomic mass is 10.0. The molecule has 4 amide bonds. The lowest BCUT2D eigenvalue weighted by Gasteiger charge is -2.44. The number of nitrogens with zero attached hydrogens (tertiary/aromatic N) is 7. The summed E-state index contributed by atoms with van der Waals surface area (Å²) in [4.78, 5) is 49.0. The lowest BCUT2D eigenvalue weighted by molar-refractivity contribution is 0.0994. The standard InChI is InChI=1S/C34H29N7O3/c42-32-21-24-11-7-9-17-29(24)41(30-18-10-8-16-27(30)32)33(43)38-19-20-39(31(23-38)28-22-35-37-36-28)34(44)40(25-12-3-1-4-13-25)26-14-5-2-6-15-26/h1-18,31H,19-23H2/t31-/m0/s1. The summed E-state index contributed by atoms with van der Waals surface area (Å²) < 4.78 is 0. The van der Waals surface area contributed by atoms with E-state index in [1.807, 2.05) is 97.1 Å². The summed E-state index contributed by atoms with van der Waals surface area (Å²) in [5.74, 6) is -0.0397. The molecule has 3 heterocycles. The van der Waals surface area contributed by atoms with Gasteiger partial charge in [-0.3, -0.25) is 14.6 Å². The number of urea groups is 2. The fourth-order valence-electron chi connectivity index (χ4n) is 6.05. The maximum absolute atomic E-state index is 14.5. The number of anilines is 4. The van der Waals surface area contributed by atoms with Crippen molar-refractivity contribution in [3.05, 3.63) is 120 Å². The molecule has 10 heteroatoms. The highest BCUT2D eigenvalue weighted by Crippen LogP contribution is 2.37. The number of piperazine rings is 1. The van der Waals surface area contributed by atoms with Crippen LogP contribution in [0.5, 0.6) is 0 Å². The van der Waals surface area contributed by atoms with E-state index in [1.165, 1.54) is 0 Å². The molecule has 0 N–H and O–H groups in total. The quantitative estimate of drug-likeness (QED) is 0.277. The van der Waals surface area contributed by atoms with Gasteiger partial charge in [0.15, 0.2) is 5.78 Å². The van der Waals surface area contributed by atoms with Gasteiger partial charge in [-0.2, -0.15) is 5.11 Å². The number of benzene rings is 4. The van der Waals surface area contributed by atoms with Crippen LogP contribution in [0.25, 0.3) is 0 Å². The Kier molecular flexibility index (Phi) is 7.15. The molecule has 1 atom stereocenters. The zero-order chi connectivity index (χ0) is 30.0. The molecule has 0 unspecified atom stereocenters. The van der Waals surface area contributed by atoms with Crippen LogP contribution in [0.4, 0.5) is 32.3 Å². The Morgan fingerprint density at radius 1 is 0.750 bits per heavy atom. The molecule has 3 aliphatic heterocycles. The first-order valence-electron chi connectivity index (χ1n) is 14.5. The first-order valence-corrected chi connectivity index (χ1v) is 14.5. The van der Waals surface area contributed by atoms with Crippen molar-refractivity contribution >= 4 is 46.3 Å². The van der Waals surface area contributed by atoms with Gasteiger partial charge in [-0.15, -0.1) is 5.10 Å². The van der Waals surface area contributed by atoms with Gasteiger partial charge in [0.05, 0.1) is 34.5 Å². The van der Waals surface area contributed by atoms with Gasteiger partial charge in [0.2, 0.25) is 0 Å². The second-order valence-electron chi connectivity index (χ2n) is 10.8. The second kappa shape index (κ2) is 11.6. The number of para-hydroxylation sites is 4. The Balaban J connectivity index is 1.24. The number of fused-ring (bicyclic) bond motifs is 2. The number of carbonyl (C=O) groups excluding carboxylic acids is 3. The van der Waals surface area contributed by atoms with Crippen molar-refractivity contribution < 1.29 is 14.4 Å². The third-order valence-electron chi connectivity index (χ3n) is 8.19. The minimum Gasteiger partial charge on any atom is -0.320 e. The summed E-state index contributed by atoms with van der Waals surface area (Å²) in [5, 5.41) is 12.2. The summed E-state index contributed by atoms with van der Waals surface area (Å²) in [6.45, 7) is 0.993. The molecule has 0 bridgehead atoms. The third-order valence-corrected chi connectivity index (χ3v) is 8.19. The summed E-state index contributed by atoms with van der Waals surface area (Å²) in [7, 11) is 0. The fraction of sp³-hybridized carbons (Fsp3) is 0.176. The Labute approximate surface area is 254 Å². The summed E-state index contributed by atoms with van der Waals surface area (Å²) in [6.07, 6.45) is 0.205. The topological polar surface area (TPSA) is 101 Å². The molecular weight excluding hydrogens is 554 g/mol. The minimum atomic E-state index is -0.552. The van der Waals surface area contributed by atoms with E-state index in [2.05, 4.69) is 15.4 Å². The monoisotopic (exact) mass is 583 g/mol. The van der Waals surface area contributed by atoms with Gasteiger partial charge in [-0.1, -0.05) is 66.7 Å². The third kappa shape index (κ3) is 4.90. The second-order valence-corrected chi connectivity index (χ2v) is 10.8. The van der Waals surface area contributed by atoms with E-state index in [0.29, 0.717) is 22.6 Å². The molecule has 3 aliphatic rings. The molecule has 1 saturated heterocycles.